The van der Waals surface area contributed by atoms with E-state index in [1.165, 1.54) is 17.0 Å². The van der Waals surface area contributed by atoms with Gasteiger partial charge in [0.25, 0.3) is 0 Å². The van der Waals surface area contributed by atoms with Gasteiger partial charge in [-0.2, -0.15) is 8.42 Å². The molecule has 0 amide bonds. The summed E-state index contributed by atoms with van der Waals surface area (Å²) in [4.78, 5) is 1.26. The number of nitrogens with one attached hydrogen (secondary N) is 1. The molecular weight excluding hydrogens is 357 g/mol. The van der Waals surface area contributed by atoms with Crippen molar-refractivity contribution in [1.82, 2.24) is 0 Å². The summed E-state index contributed by atoms with van der Waals surface area (Å²) in [6, 6.07) is 8.39. The zero-order valence-electron chi connectivity index (χ0n) is 14.9. The standard InChI is InChI=1S/C19H22FNO4S/c1-14-11-15(2)18(13-21-7-9-24-10-8-21)19(12-14)25-26(22,23)17-5-3-16(20)4-6-17/h3-6,11-12H,7-10,13H2,1-2H3/p+1. The average Bonchev–Trinajstić information content (AvgIpc) is 2.59. The molecule has 0 atom stereocenters. The molecule has 0 saturated carbocycles. The molecule has 1 N–H and O–H groups in total. The molecule has 0 unspecified atom stereocenters. The second-order valence-corrected chi connectivity index (χ2v) is 8.14. The lowest BCUT2D eigenvalue weighted by Gasteiger charge is -2.25. The van der Waals surface area contributed by atoms with E-state index in [0.717, 1.165) is 41.9 Å². The van der Waals surface area contributed by atoms with E-state index in [9.17, 15) is 12.8 Å². The van der Waals surface area contributed by atoms with Gasteiger partial charge in [0.05, 0.1) is 18.8 Å². The van der Waals surface area contributed by atoms with E-state index in [-0.39, 0.29) is 4.90 Å². The van der Waals surface area contributed by atoms with Crippen LogP contribution in [-0.4, -0.2) is 34.7 Å². The van der Waals surface area contributed by atoms with Crippen molar-refractivity contribution in [1.29, 1.82) is 0 Å². The normalized spacial score (nSPS) is 15.8. The van der Waals surface area contributed by atoms with E-state index in [2.05, 4.69) is 0 Å². The zero-order valence-corrected chi connectivity index (χ0v) is 15.7. The third kappa shape index (κ3) is 4.41. The smallest absolute Gasteiger partial charge is 0.339 e. The van der Waals surface area contributed by atoms with Gasteiger partial charge in [0.15, 0.2) is 5.75 Å². The Morgan fingerprint density at radius 1 is 1.12 bits per heavy atom. The molecule has 5 nitrogen and oxygen atoms in total. The molecule has 0 spiro atoms. The first-order valence-electron chi connectivity index (χ1n) is 8.56. The SMILES string of the molecule is Cc1cc(C)c(C[NH+]2CCOCC2)c(OS(=O)(=O)c2ccc(F)cc2)c1. The molecule has 0 radical (unpaired) electrons. The van der Waals surface area contributed by atoms with Crippen LogP contribution in [0, 0.1) is 19.7 Å². The van der Waals surface area contributed by atoms with Gasteiger partial charge in [-0.25, -0.2) is 4.39 Å². The maximum atomic E-state index is 13.1. The third-order valence-corrected chi connectivity index (χ3v) is 5.75. The van der Waals surface area contributed by atoms with Crippen molar-refractivity contribution >= 4 is 10.1 Å². The summed E-state index contributed by atoms with van der Waals surface area (Å²) < 4.78 is 49.2. The molecule has 0 aliphatic carbocycles. The Morgan fingerprint density at radius 2 is 1.77 bits per heavy atom. The number of quaternary nitrogens is 1. The van der Waals surface area contributed by atoms with Crippen molar-refractivity contribution in [3.05, 3.63) is 58.9 Å². The summed E-state index contributed by atoms with van der Waals surface area (Å²) >= 11 is 0. The summed E-state index contributed by atoms with van der Waals surface area (Å²) in [6.45, 7) is 7.67. The Hall–Kier alpha value is -1.96. The van der Waals surface area contributed by atoms with Gasteiger partial charge in [0.2, 0.25) is 0 Å². The third-order valence-electron chi connectivity index (χ3n) is 4.50. The van der Waals surface area contributed by atoms with Crippen LogP contribution < -0.4 is 9.08 Å². The number of rotatable bonds is 5. The van der Waals surface area contributed by atoms with Gasteiger partial charge in [0, 0.05) is 0 Å². The highest BCUT2D eigenvalue weighted by atomic mass is 32.2. The van der Waals surface area contributed by atoms with Crippen LogP contribution in [0.3, 0.4) is 0 Å². The number of hydrogen-bond donors (Lipinski definition) is 1. The lowest BCUT2D eigenvalue weighted by molar-refractivity contribution is -0.921. The van der Waals surface area contributed by atoms with Gasteiger partial charge in [-0.3, -0.25) is 0 Å². The molecule has 7 heteroatoms. The van der Waals surface area contributed by atoms with E-state index in [4.69, 9.17) is 8.92 Å². The Bertz CT molecular complexity index is 875. The molecule has 1 fully saturated rings. The number of hydrogen-bond acceptors (Lipinski definition) is 4. The van der Waals surface area contributed by atoms with Gasteiger partial charge in [0.1, 0.15) is 30.3 Å². The van der Waals surface area contributed by atoms with Crippen LogP contribution in [-0.2, 0) is 21.4 Å². The lowest BCUT2D eigenvalue weighted by atomic mass is 10.0. The first-order valence-corrected chi connectivity index (χ1v) is 9.97. The minimum absolute atomic E-state index is 0.0669. The van der Waals surface area contributed by atoms with Gasteiger partial charge in [-0.1, -0.05) is 6.07 Å². The molecular formula is C19H23FNO4S+. The fourth-order valence-electron chi connectivity index (χ4n) is 3.11. The highest BCUT2D eigenvalue weighted by Gasteiger charge is 2.23. The first-order chi connectivity index (χ1) is 12.3. The van der Waals surface area contributed by atoms with Crippen molar-refractivity contribution in [3.63, 3.8) is 0 Å². The minimum atomic E-state index is -4.03. The second-order valence-electron chi connectivity index (χ2n) is 6.59. The van der Waals surface area contributed by atoms with Crippen molar-refractivity contribution in [2.45, 2.75) is 25.3 Å². The molecule has 3 rings (SSSR count). The van der Waals surface area contributed by atoms with Gasteiger partial charge >= 0.3 is 10.1 Å². The Labute approximate surface area is 153 Å². The van der Waals surface area contributed by atoms with Crippen molar-refractivity contribution in [3.8, 4) is 5.75 Å². The van der Waals surface area contributed by atoms with Crippen LogP contribution in [0.5, 0.6) is 5.75 Å². The van der Waals surface area contributed by atoms with Gasteiger partial charge in [-0.05, 0) is 55.3 Å². The Morgan fingerprint density at radius 3 is 2.42 bits per heavy atom. The average molecular weight is 380 g/mol. The molecule has 1 saturated heterocycles. The summed E-state index contributed by atoms with van der Waals surface area (Å²) in [5, 5.41) is 0. The van der Waals surface area contributed by atoms with Crippen LogP contribution in [0.2, 0.25) is 0 Å². The molecule has 140 valence electrons. The summed E-state index contributed by atoms with van der Waals surface area (Å²) in [6.07, 6.45) is 0. The fourth-order valence-corrected chi connectivity index (χ4v) is 4.06. The maximum Gasteiger partial charge on any atom is 0.339 e. The topological polar surface area (TPSA) is 57.0 Å². The molecule has 0 bridgehead atoms. The summed E-state index contributed by atoms with van der Waals surface area (Å²) in [5.41, 5.74) is 2.79. The second kappa shape index (κ2) is 7.73. The molecule has 26 heavy (non-hydrogen) atoms. The van der Waals surface area contributed by atoms with Crippen LogP contribution in [0.4, 0.5) is 4.39 Å². The number of ether oxygens (including phenoxy) is 1. The largest absolute Gasteiger partial charge is 0.378 e. The monoisotopic (exact) mass is 380 g/mol. The quantitative estimate of drug-likeness (QED) is 0.801. The van der Waals surface area contributed by atoms with Gasteiger partial charge < -0.3 is 13.8 Å². The Kier molecular flexibility index (Phi) is 5.60. The Balaban J connectivity index is 1.91. The van der Waals surface area contributed by atoms with E-state index < -0.39 is 15.9 Å². The molecule has 1 heterocycles. The highest BCUT2D eigenvalue weighted by molar-refractivity contribution is 7.87. The van der Waals surface area contributed by atoms with Crippen molar-refractivity contribution in [2.24, 2.45) is 0 Å². The number of halogens is 1. The fraction of sp³-hybridized carbons (Fsp3) is 0.368. The lowest BCUT2D eigenvalue weighted by Crippen LogP contribution is -3.12. The minimum Gasteiger partial charge on any atom is -0.378 e. The summed E-state index contributed by atoms with van der Waals surface area (Å²) in [5.74, 6) is -0.155. The van der Waals surface area contributed by atoms with Crippen molar-refractivity contribution < 1.29 is 26.6 Å². The maximum absolute atomic E-state index is 13.1. The van der Waals surface area contributed by atoms with Crippen LogP contribution in [0.25, 0.3) is 0 Å². The van der Waals surface area contributed by atoms with Crippen LogP contribution in [0.1, 0.15) is 16.7 Å². The van der Waals surface area contributed by atoms with Crippen molar-refractivity contribution in [2.75, 3.05) is 26.3 Å². The molecule has 1 aliphatic heterocycles. The predicted octanol–water partition coefficient (Wildman–Crippen LogP) is 1.63. The van der Waals surface area contributed by atoms with Crippen LogP contribution >= 0.6 is 0 Å². The number of aryl methyl sites for hydroxylation is 2. The van der Waals surface area contributed by atoms with E-state index in [1.54, 1.807) is 6.07 Å². The zero-order chi connectivity index (χ0) is 18.7. The molecule has 2 aromatic rings. The predicted molar refractivity (Wildman–Crippen MR) is 95.3 cm³/mol. The molecule has 0 aromatic heterocycles. The molecule has 1 aliphatic rings. The molecule has 2 aromatic carbocycles. The number of benzene rings is 2. The first kappa shape index (κ1) is 18.8. The van der Waals surface area contributed by atoms with Gasteiger partial charge in [-0.15, -0.1) is 0 Å². The van der Waals surface area contributed by atoms with E-state index in [0.29, 0.717) is 25.5 Å². The van der Waals surface area contributed by atoms with E-state index >= 15 is 0 Å². The summed E-state index contributed by atoms with van der Waals surface area (Å²) in [7, 11) is -4.03. The van der Waals surface area contributed by atoms with Crippen LogP contribution in [0.15, 0.2) is 41.3 Å². The number of morpholine rings is 1. The van der Waals surface area contributed by atoms with E-state index in [1.807, 2.05) is 19.9 Å². The highest BCUT2D eigenvalue weighted by Crippen LogP contribution is 2.27.